The second kappa shape index (κ2) is 10.5. The van der Waals surface area contributed by atoms with Crippen molar-refractivity contribution in [3.05, 3.63) is 77.9 Å². The molecular formula is C32H35N3O3. The van der Waals surface area contributed by atoms with Crippen LogP contribution in [0.2, 0.25) is 0 Å². The highest BCUT2D eigenvalue weighted by Crippen LogP contribution is 2.46. The molecule has 0 spiro atoms. The molecule has 6 nitrogen and oxygen atoms in total. The molecule has 2 aliphatic heterocycles. The number of Topliss-reactive ketones (excluding diaryl/α,β-unsaturated/α-hetero) is 1. The fraction of sp³-hybridized carbons (Fsp3) is 0.375. The summed E-state index contributed by atoms with van der Waals surface area (Å²) in [5.74, 6) is 1.58. The molecule has 1 N–H and O–H groups in total. The standard InChI is InChI=1S/C32H35N3O3/c1-37-24-13-10-21(11-14-24)22-18-28-31(29(36)19-22)32(34-27-9-5-4-8-26(27)33-28)25-15-12-23(20-30(25)38-2)35-16-6-3-7-17-35/h4-5,8-15,20,22,31-32,34H,3,6-7,16-19H2,1-2H3. The summed E-state index contributed by atoms with van der Waals surface area (Å²) in [5, 5.41) is 3.70. The number of methoxy groups -OCH3 is 2. The van der Waals surface area contributed by atoms with Crippen LogP contribution in [0.25, 0.3) is 0 Å². The van der Waals surface area contributed by atoms with Gasteiger partial charge < -0.3 is 19.7 Å². The van der Waals surface area contributed by atoms with Gasteiger partial charge in [-0.1, -0.05) is 30.3 Å². The molecular weight excluding hydrogens is 474 g/mol. The molecule has 3 aromatic rings. The average molecular weight is 510 g/mol. The van der Waals surface area contributed by atoms with Gasteiger partial charge in [0.1, 0.15) is 17.3 Å². The van der Waals surface area contributed by atoms with Crippen LogP contribution in [0.3, 0.4) is 0 Å². The van der Waals surface area contributed by atoms with Gasteiger partial charge in [-0.15, -0.1) is 0 Å². The van der Waals surface area contributed by atoms with Gasteiger partial charge in [0, 0.05) is 42.5 Å². The molecule has 2 fully saturated rings. The highest BCUT2D eigenvalue weighted by atomic mass is 16.5. The molecule has 1 saturated heterocycles. The lowest BCUT2D eigenvalue weighted by molar-refractivity contribution is -0.122. The van der Waals surface area contributed by atoms with Gasteiger partial charge in [0.15, 0.2) is 0 Å². The highest BCUT2D eigenvalue weighted by Gasteiger charge is 2.42. The van der Waals surface area contributed by atoms with Crippen LogP contribution in [-0.4, -0.2) is 38.8 Å². The van der Waals surface area contributed by atoms with E-state index in [-0.39, 0.29) is 23.7 Å². The van der Waals surface area contributed by atoms with Gasteiger partial charge in [0.2, 0.25) is 0 Å². The number of benzene rings is 3. The molecule has 2 heterocycles. The van der Waals surface area contributed by atoms with Gasteiger partial charge in [-0.2, -0.15) is 0 Å². The zero-order valence-corrected chi connectivity index (χ0v) is 22.2. The maximum Gasteiger partial charge on any atom is 0.144 e. The van der Waals surface area contributed by atoms with E-state index >= 15 is 0 Å². The average Bonchev–Trinajstić information content (AvgIpc) is 3.14. The van der Waals surface area contributed by atoms with Crippen molar-refractivity contribution in [2.24, 2.45) is 10.9 Å². The molecule has 0 radical (unpaired) electrons. The maximum atomic E-state index is 13.9. The third-order valence-electron chi connectivity index (χ3n) is 8.28. The zero-order valence-electron chi connectivity index (χ0n) is 22.2. The molecule has 196 valence electrons. The Hall–Kier alpha value is -3.80. The van der Waals surface area contributed by atoms with E-state index in [0.717, 1.165) is 59.2 Å². The molecule has 0 aromatic heterocycles. The van der Waals surface area contributed by atoms with Gasteiger partial charge in [0.05, 0.1) is 37.6 Å². The molecule has 3 unspecified atom stereocenters. The number of ether oxygens (including phenoxy) is 2. The van der Waals surface area contributed by atoms with Gasteiger partial charge in [-0.3, -0.25) is 9.79 Å². The molecule has 0 amide bonds. The lowest BCUT2D eigenvalue weighted by atomic mass is 9.72. The largest absolute Gasteiger partial charge is 0.497 e. The van der Waals surface area contributed by atoms with Crippen molar-refractivity contribution in [2.75, 3.05) is 37.5 Å². The number of rotatable bonds is 5. The minimum absolute atomic E-state index is 0.0951. The Morgan fingerprint density at radius 2 is 1.68 bits per heavy atom. The van der Waals surface area contributed by atoms with E-state index in [1.807, 2.05) is 36.4 Å². The van der Waals surface area contributed by atoms with Crippen molar-refractivity contribution in [1.29, 1.82) is 0 Å². The summed E-state index contributed by atoms with van der Waals surface area (Å²) >= 11 is 0. The third-order valence-corrected chi connectivity index (χ3v) is 8.28. The molecule has 3 aliphatic rings. The Kier molecular flexibility index (Phi) is 6.79. The highest BCUT2D eigenvalue weighted by molar-refractivity contribution is 6.11. The van der Waals surface area contributed by atoms with E-state index in [0.29, 0.717) is 6.42 Å². The van der Waals surface area contributed by atoms with E-state index in [1.165, 1.54) is 24.9 Å². The molecule has 1 aliphatic carbocycles. The predicted octanol–water partition coefficient (Wildman–Crippen LogP) is 6.70. The Bertz CT molecular complexity index is 1340. The number of nitrogens with one attached hydrogen (secondary N) is 1. The Morgan fingerprint density at radius 1 is 0.895 bits per heavy atom. The number of piperidine rings is 1. The summed E-state index contributed by atoms with van der Waals surface area (Å²) in [6, 6.07) is 22.4. The monoisotopic (exact) mass is 509 g/mol. The number of aliphatic imine (C=N–C) groups is 1. The van der Waals surface area contributed by atoms with Gasteiger partial charge in [-0.25, -0.2) is 0 Å². The number of para-hydroxylation sites is 2. The van der Waals surface area contributed by atoms with Crippen molar-refractivity contribution in [3.8, 4) is 11.5 Å². The van der Waals surface area contributed by atoms with Gasteiger partial charge >= 0.3 is 0 Å². The number of hydrogen-bond acceptors (Lipinski definition) is 6. The van der Waals surface area contributed by atoms with Crippen LogP contribution < -0.4 is 19.7 Å². The quantitative estimate of drug-likeness (QED) is 0.415. The van der Waals surface area contributed by atoms with E-state index in [4.69, 9.17) is 14.5 Å². The van der Waals surface area contributed by atoms with Crippen molar-refractivity contribution >= 4 is 28.6 Å². The maximum absolute atomic E-state index is 13.9. The molecule has 3 atom stereocenters. The lowest BCUT2D eigenvalue weighted by Gasteiger charge is -2.35. The smallest absolute Gasteiger partial charge is 0.144 e. The molecule has 1 saturated carbocycles. The van der Waals surface area contributed by atoms with Gasteiger partial charge in [-0.05, 0) is 67.5 Å². The first-order valence-electron chi connectivity index (χ1n) is 13.7. The second-order valence-corrected chi connectivity index (χ2v) is 10.5. The zero-order chi connectivity index (χ0) is 26.1. The molecule has 3 aromatic carbocycles. The van der Waals surface area contributed by atoms with Crippen LogP contribution in [0, 0.1) is 5.92 Å². The summed E-state index contributed by atoms with van der Waals surface area (Å²) in [6.07, 6.45) is 4.95. The summed E-state index contributed by atoms with van der Waals surface area (Å²) in [4.78, 5) is 21.5. The summed E-state index contributed by atoms with van der Waals surface area (Å²) in [5.41, 5.74) is 6.08. The Labute approximate surface area is 224 Å². The van der Waals surface area contributed by atoms with Crippen LogP contribution in [0.5, 0.6) is 11.5 Å². The van der Waals surface area contributed by atoms with Crippen LogP contribution in [0.4, 0.5) is 17.1 Å². The van der Waals surface area contributed by atoms with Crippen LogP contribution in [0.15, 0.2) is 71.7 Å². The lowest BCUT2D eigenvalue weighted by Crippen LogP contribution is -2.39. The topological polar surface area (TPSA) is 63.2 Å². The molecule has 0 bridgehead atoms. The Morgan fingerprint density at radius 3 is 2.45 bits per heavy atom. The second-order valence-electron chi connectivity index (χ2n) is 10.5. The number of nitrogens with zero attached hydrogens (tertiary/aromatic N) is 2. The van der Waals surface area contributed by atoms with Crippen LogP contribution >= 0.6 is 0 Å². The van der Waals surface area contributed by atoms with E-state index < -0.39 is 0 Å². The van der Waals surface area contributed by atoms with Crippen molar-refractivity contribution in [1.82, 2.24) is 0 Å². The Balaban J connectivity index is 1.38. The molecule has 38 heavy (non-hydrogen) atoms. The number of fused-ring (bicyclic) bond motifs is 2. The third kappa shape index (κ3) is 4.64. The van der Waals surface area contributed by atoms with E-state index in [9.17, 15) is 4.79 Å². The summed E-state index contributed by atoms with van der Waals surface area (Å²) in [6.45, 7) is 2.14. The van der Waals surface area contributed by atoms with E-state index in [1.54, 1.807) is 14.2 Å². The number of carbonyl (C=O) groups is 1. The number of anilines is 2. The minimum atomic E-state index is -0.355. The number of ketones is 1. The van der Waals surface area contributed by atoms with Crippen LogP contribution in [-0.2, 0) is 4.79 Å². The van der Waals surface area contributed by atoms with Crippen molar-refractivity contribution < 1.29 is 14.3 Å². The fourth-order valence-corrected chi connectivity index (χ4v) is 6.27. The van der Waals surface area contributed by atoms with E-state index in [2.05, 4.69) is 40.5 Å². The van der Waals surface area contributed by atoms with Gasteiger partial charge in [0.25, 0.3) is 0 Å². The van der Waals surface area contributed by atoms with Crippen LogP contribution in [0.1, 0.15) is 55.2 Å². The first-order valence-corrected chi connectivity index (χ1v) is 13.7. The first kappa shape index (κ1) is 24.5. The molecule has 6 rings (SSSR count). The molecule has 6 heteroatoms. The SMILES string of the molecule is COc1ccc(C2CC(=O)C3C(=Nc4ccccc4NC3c3ccc(N4CCCCC4)cc3OC)C2)cc1. The fourth-order valence-electron chi connectivity index (χ4n) is 6.27. The summed E-state index contributed by atoms with van der Waals surface area (Å²) in [7, 11) is 3.39. The van der Waals surface area contributed by atoms with Crippen molar-refractivity contribution in [2.45, 2.75) is 44.1 Å². The minimum Gasteiger partial charge on any atom is -0.497 e. The number of hydrogen-bond donors (Lipinski definition) is 1. The number of carbonyl (C=O) groups excluding carboxylic acids is 1. The van der Waals surface area contributed by atoms with Crippen molar-refractivity contribution in [3.63, 3.8) is 0 Å². The first-order chi connectivity index (χ1) is 18.6. The summed E-state index contributed by atoms with van der Waals surface area (Å²) < 4.78 is 11.3. The predicted molar refractivity (Wildman–Crippen MR) is 152 cm³/mol. The normalized spacial score (nSPS) is 22.9.